The van der Waals surface area contributed by atoms with Crippen molar-refractivity contribution in [3.8, 4) is 0 Å². The van der Waals surface area contributed by atoms with Crippen LogP contribution in [0.5, 0.6) is 0 Å². The third-order valence-electron chi connectivity index (χ3n) is 10.3. The van der Waals surface area contributed by atoms with E-state index in [1.165, 1.54) is 25.7 Å². The predicted molar refractivity (Wildman–Crippen MR) is 229 cm³/mol. The van der Waals surface area contributed by atoms with Crippen LogP contribution in [0, 0.1) is 0 Å². The van der Waals surface area contributed by atoms with E-state index < -0.39 is 86.7 Å². The molecule has 2 aliphatic heterocycles. The molecule has 0 saturated carbocycles. The number of unbranched alkanes of at least 4 members (excludes halogenated alkanes) is 9. The maximum atomic E-state index is 12.9. The van der Waals surface area contributed by atoms with Crippen LogP contribution >= 0.6 is 0 Å². The number of carbonyl (C=O) groups excluding carboxylic acids is 1. The van der Waals surface area contributed by atoms with Crippen LogP contribution in [0.25, 0.3) is 0 Å². The minimum Gasteiger partial charge on any atom is -0.457 e. The number of rotatable bonds is 33. The first-order chi connectivity index (χ1) is 29.1. The van der Waals surface area contributed by atoms with Crippen molar-refractivity contribution < 1.29 is 69.0 Å². The molecule has 14 heteroatoms. The molecule has 2 rings (SSSR count). The van der Waals surface area contributed by atoms with Crippen molar-refractivity contribution in [3.63, 3.8) is 0 Å². The van der Waals surface area contributed by atoms with Gasteiger partial charge in [-0.2, -0.15) is 0 Å². The monoisotopic (exact) mass is 855 g/mol. The van der Waals surface area contributed by atoms with E-state index in [1.54, 1.807) is 0 Å². The summed E-state index contributed by atoms with van der Waals surface area (Å²) in [5.74, 6) is -0.413. The van der Waals surface area contributed by atoms with E-state index in [9.17, 15) is 40.5 Å². The molecule has 2 aliphatic rings. The van der Waals surface area contributed by atoms with Crippen LogP contribution in [0.15, 0.2) is 60.8 Å². The maximum absolute atomic E-state index is 12.9. The van der Waals surface area contributed by atoms with Gasteiger partial charge in [0.15, 0.2) is 12.6 Å². The molecule has 0 aromatic rings. The lowest BCUT2D eigenvalue weighted by atomic mass is 9.98. The summed E-state index contributed by atoms with van der Waals surface area (Å²) in [6.07, 6.45) is 21.7. The van der Waals surface area contributed by atoms with Gasteiger partial charge in [0.05, 0.1) is 26.4 Å². The average Bonchev–Trinajstić information content (AvgIpc) is 3.24. The topological polar surface area (TPSA) is 214 Å². The summed E-state index contributed by atoms with van der Waals surface area (Å²) in [6, 6.07) is 0. The highest BCUT2D eigenvalue weighted by atomic mass is 16.7. The molecule has 0 bridgehead atoms. The highest BCUT2D eigenvalue weighted by molar-refractivity contribution is 5.69. The molecular weight excluding hydrogens is 776 g/mol. The number of carbonyl (C=O) groups is 1. The van der Waals surface area contributed by atoms with Crippen LogP contribution in [-0.2, 0) is 33.2 Å². The molecule has 7 N–H and O–H groups in total. The van der Waals surface area contributed by atoms with Crippen molar-refractivity contribution in [2.75, 3.05) is 33.0 Å². The van der Waals surface area contributed by atoms with Gasteiger partial charge in [-0.15, -0.1) is 0 Å². The average molecular weight is 855 g/mol. The fourth-order valence-electron chi connectivity index (χ4n) is 6.60. The molecule has 11 atom stereocenters. The molecular formula is C46H78O14. The quantitative estimate of drug-likeness (QED) is 0.0263. The van der Waals surface area contributed by atoms with Gasteiger partial charge in [0, 0.05) is 13.0 Å². The first kappa shape index (κ1) is 53.8. The molecule has 0 amide bonds. The fourth-order valence-corrected chi connectivity index (χ4v) is 6.60. The molecule has 11 unspecified atom stereocenters. The Morgan fingerprint density at radius 1 is 0.567 bits per heavy atom. The second-order valence-electron chi connectivity index (χ2n) is 15.5. The lowest BCUT2D eigenvalue weighted by Crippen LogP contribution is -2.61. The first-order valence-electron chi connectivity index (χ1n) is 22.4. The lowest BCUT2D eigenvalue weighted by Gasteiger charge is -2.42. The Kier molecular flexibility index (Phi) is 30.7. The van der Waals surface area contributed by atoms with Gasteiger partial charge >= 0.3 is 5.97 Å². The largest absolute Gasteiger partial charge is 0.457 e. The predicted octanol–water partition coefficient (Wildman–Crippen LogP) is 5.01. The van der Waals surface area contributed by atoms with Gasteiger partial charge in [-0.05, 0) is 57.8 Å². The minimum atomic E-state index is -1.71. The third kappa shape index (κ3) is 22.7. The number of hydrogen-bond acceptors (Lipinski definition) is 14. The number of ether oxygens (including phenoxy) is 6. The number of aliphatic hydroxyl groups excluding tert-OH is 7. The molecule has 0 aliphatic carbocycles. The van der Waals surface area contributed by atoms with Crippen molar-refractivity contribution >= 4 is 5.97 Å². The Morgan fingerprint density at radius 3 is 1.68 bits per heavy atom. The molecule has 346 valence electrons. The summed E-state index contributed by atoms with van der Waals surface area (Å²) in [5.41, 5.74) is 0. The van der Waals surface area contributed by atoms with Crippen LogP contribution in [0.3, 0.4) is 0 Å². The van der Waals surface area contributed by atoms with E-state index in [2.05, 4.69) is 74.6 Å². The Labute approximate surface area is 358 Å². The maximum Gasteiger partial charge on any atom is 0.306 e. The van der Waals surface area contributed by atoms with Gasteiger partial charge in [0.25, 0.3) is 0 Å². The number of allylic oxidation sites excluding steroid dienone is 10. The van der Waals surface area contributed by atoms with Gasteiger partial charge in [-0.1, -0.05) is 120 Å². The minimum absolute atomic E-state index is 0.0449. The normalized spacial score (nSPS) is 28.3. The first-order valence-corrected chi connectivity index (χ1v) is 22.4. The summed E-state index contributed by atoms with van der Waals surface area (Å²) >= 11 is 0. The van der Waals surface area contributed by atoms with Gasteiger partial charge < -0.3 is 64.2 Å². The fraction of sp³-hybridized carbons (Fsp3) is 0.761. The standard InChI is InChI=1S/C46H78O14/c1-3-5-7-9-11-12-13-14-15-16-17-18-19-20-21-22-23-25-27-29-38(48)58-35(32-55-30-28-26-24-10-8-6-4-2)33-56-45-44(54)42(52)40(50)37(60-45)34-57-46-43(53)41(51)39(49)36(31-47)59-46/h5,7,11-12,14-15,17-18,20-21,35-37,39-47,49-54H,3-4,6,8-10,13,16,19,22-34H2,1-2H3/b7-5-,12-11-,15-14-,18-17-,21-20-. The van der Waals surface area contributed by atoms with Crippen LogP contribution < -0.4 is 0 Å². The summed E-state index contributed by atoms with van der Waals surface area (Å²) in [6.45, 7) is 3.45. The van der Waals surface area contributed by atoms with E-state index in [-0.39, 0.29) is 19.6 Å². The van der Waals surface area contributed by atoms with Gasteiger partial charge in [-0.3, -0.25) is 4.79 Å². The van der Waals surface area contributed by atoms with E-state index in [1.807, 2.05) is 0 Å². The SMILES string of the molecule is CC/C=C\C/C=C\C/C=C\C/C=C\C/C=C\CCCCCC(=O)OC(COCCCCCCCCC)COC1OC(COC2OC(CO)C(O)C(O)C2O)C(O)C(O)C1O. The van der Waals surface area contributed by atoms with Crippen molar-refractivity contribution in [1.29, 1.82) is 0 Å². The zero-order valence-corrected chi connectivity index (χ0v) is 36.2. The van der Waals surface area contributed by atoms with E-state index in [0.717, 1.165) is 70.6 Å². The molecule has 14 nitrogen and oxygen atoms in total. The lowest BCUT2D eigenvalue weighted by molar-refractivity contribution is -0.332. The van der Waals surface area contributed by atoms with Crippen molar-refractivity contribution in [2.24, 2.45) is 0 Å². The molecule has 2 fully saturated rings. The molecule has 60 heavy (non-hydrogen) atoms. The molecule has 2 saturated heterocycles. The van der Waals surface area contributed by atoms with Crippen molar-refractivity contribution in [1.82, 2.24) is 0 Å². The third-order valence-corrected chi connectivity index (χ3v) is 10.3. The smallest absolute Gasteiger partial charge is 0.306 e. The van der Waals surface area contributed by atoms with Crippen LogP contribution in [0.2, 0.25) is 0 Å². The van der Waals surface area contributed by atoms with E-state index in [0.29, 0.717) is 13.0 Å². The molecule has 0 aromatic heterocycles. The Morgan fingerprint density at radius 2 is 1.08 bits per heavy atom. The van der Waals surface area contributed by atoms with Gasteiger partial charge in [0.2, 0.25) is 0 Å². The second-order valence-corrected chi connectivity index (χ2v) is 15.5. The summed E-state index contributed by atoms with van der Waals surface area (Å²) < 4.78 is 34.0. The number of esters is 1. The van der Waals surface area contributed by atoms with Crippen LogP contribution in [-0.4, -0.2) is 142 Å². The molecule has 0 aromatic carbocycles. The summed E-state index contributed by atoms with van der Waals surface area (Å²) in [5, 5.41) is 71.7. The molecule has 0 radical (unpaired) electrons. The molecule has 0 spiro atoms. The van der Waals surface area contributed by atoms with Crippen LogP contribution in [0.1, 0.15) is 123 Å². The highest BCUT2D eigenvalue weighted by Gasteiger charge is 2.47. The van der Waals surface area contributed by atoms with Gasteiger partial charge in [0.1, 0.15) is 54.9 Å². The zero-order valence-electron chi connectivity index (χ0n) is 36.2. The number of aliphatic hydroxyl groups is 7. The Hall–Kier alpha value is -2.31. The van der Waals surface area contributed by atoms with Gasteiger partial charge in [-0.25, -0.2) is 0 Å². The Balaban J connectivity index is 1.79. The number of hydrogen-bond donors (Lipinski definition) is 7. The van der Waals surface area contributed by atoms with Crippen molar-refractivity contribution in [3.05, 3.63) is 60.8 Å². The Bertz CT molecular complexity index is 1220. The second kappa shape index (κ2) is 34.2. The van der Waals surface area contributed by atoms with E-state index in [4.69, 9.17) is 28.4 Å². The van der Waals surface area contributed by atoms with E-state index >= 15 is 0 Å². The van der Waals surface area contributed by atoms with Crippen LogP contribution in [0.4, 0.5) is 0 Å². The van der Waals surface area contributed by atoms with Crippen molar-refractivity contribution in [2.45, 2.75) is 191 Å². The zero-order chi connectivity index (χ0) is 43.8. The molecule has 2 heterocycles. The highest BCUT2D eigenvalue weighted by Crippen LogP contribution is 2.26. The summed E-state index contributed by atoms with van der Waals surface area (Å²) in [4.78, 5) is 12.9. The summed E-state index contributed by atoms with van der Waals surface area (Å²) in [7, 11) is 0.